The lowest BCUT2D eigenvalue weighted by molar-refractivity contribution is 0.411. The van der Waals surface area contributed by atoms with Crippen molar-refractivity contribution in [3.63, 3.8) is 0 Å². The van der Waals surface area contributed by atoms with Crippen molar-refractivity contribution in [3.8, 4) is 11.8 Å². The smallest absolute Gasteiger partial charge is 0.0246 e. The molecule has 0 saturated heterocycles. The molecule has 0 spiro atoms. The second-order valence-corrected chi connectivity index (χ2v) is 7.84. The van der Waals surface area contributed by atoms with Crippen LogP contribution in [-0.4, -0.2) is 12.6 Å². The van der Waals surface area contributed by atoms with Crippen LogP contribution in [-0.2, 0) is 0 Å². The molecule has 1 N–H and O–H groups in total. The molecule has 1 aliphatic rings. The first-order chi connectivity index (χ1) is 8.04. The minimum atomic E-state index is 0.116. The molecule has 1 fully saturated rings. The molecular weight excluding hydrogens is 218 g/mol. The molecule has 1 atom stereocenters. The second-order valence-electron chi connectivity index (χ2n) is 7.84. The number of rotatable bonds is 4. The highest BCUT2D eigenvalue weighted by Crippen LogP contribution is 2.69. The highest BCUT2D eigenvalue weighted by Gasteiger charge is 2.66. The summed E-state index contributed by atoms with van der Waals surface area (Å²) in [5.74, 6) is 7.49. The maximum Gasteiger partial charge on any atom is 0.0246 e. The van der Waals surface area contributed by atoms with Gasteiger partial charge in [-0.15, -0.1) is 5.92 Å². The molecule has 0 aromatic rings. The summed E-state index contributed by atoms with van der Waals surface area (Å²) in [5.41, 5.74) is 0.984. The van der Waals surface area contributed by atoms with E-state index in [1.807, 2.05) is 0 Å². The van der Waals surface area contributed by atoms with Gasteiger partial charge in [-0.05, 0) is 44.1 Å². The quantitative estimate of drug-likeness (QED) is 0.740. The maximum absolute atomic E-state index is 3.64. The summed E-state index contributed by atoms with van der Waals surface area (Å²) < 4.78 is 0. The van der Waals surface area contributed by atoms with Crippen molar-refractivity contribution in [3.05, 3.63) is 0 Å². The van der Waals surface area contributed by atoms with Crippen LogP contribution in [0.4, 0.5) is 0 Å². The predicted molar refractivity (Wildman–Crippen MR) is 80.4 cm³/mol. The summed E-state index contributed by atoms with van der Waals surface area (Å²) in [4.78, 5) is 0. The highest BCUT2D eigenvalue weighted by atomic mass is 15.0. The Labute approximate surface area is 114 Å². The van der Waals surface area contributed by atoms with E-state index in [-0.39, 0.29) is 5.41 Å². The second kappa shape index (κ2) is 4.89. The van der Waals surface area contributed by atoms with E-state index in [4.69, 9.17) is 0 Å². The molecule has 0 aliphatic heterocycles. The molecule has 1 saturated carbocycles. The average molecular weight is 249 g/mol. The lowest BCUT2D eigenvalue weighted by Gasteiger charge is -2.18. The van der Waals surface area contributed by atoms with Crippen molar-refractivity contribution < 1.29 is 0 Å². The molecule has 1 unspecified atom stereocenters. The van der Waals surface area contributed by atoms with E-state index < -0.39 is 0 Å². The third-order valence-corrected chi connectivity index (χ3v) is 4.79. The van der Waals surface area contributed by atoms with E-state index in [2.05, 4.69) is 72.5 Å². The number of nitrogens with one attached hydrogen (secondary N) is 1. The molecule has 1 heteroatoms. The zero-order valence-corrected chi connectivity index (χ0v) is 13.6. The molecule has 0 aromatic carbocycles. The van der Waals surface area contributed by atoms with Crippen LogP contribution in [0.25, 0.3) is 0 Å². The number of hydrogen-bond donors (Lipinski definition) is 1. The highest BCUT2D eigenvalue weighted by molar-refractivity contribution is 5.19. The maximum atomic E-state index is 3.64. The van der Waals surface area contributed by atoms with Gasteiger partial charge in [-0.25, -0.2) is 0 Å². The van der Waals surface area contributed by atoms with E-state index in [1.165, 1.54) is 0 Å². The van der Waals surface area contributed by atoms with Crippen molar-refractivity contribution in [2.45, 2.75) is 67.9 Å². The first kappa shape index (κ1) is 15.6. The number of hydrogen-bond acceptors (Lipinski definition) is 1. The Morgan fingerprint density at radius 1 is 1.11 bits per heavy atom. The molecule has 0 bridgehead atoms. The summed E-state index contributed by atoms with van der Waals surface area (Å²) in [6, 6.07) is 0.537. The predicted octanol–water partition coefficient (Wildman–Crippen LogP) is 4.09. The van der Waals surface area contributed by atoms with E-state index in [1.54, 1.807) is 0 Å². The normalized spacial score (nSPS) is 23.1. The Morgan fingerprint density at radius 3 is 1.94 bits per heavy atom. The minimum Gasteiger partial charge on any atom is -0.313 e. The van der Waals surface area contributed by atoms with Crippen LogP contribution in [0, 0.1) is 34.0 Å². The van der Waals surface area contributed by atoms with Crippen LogP contribution >= 0.6 is 0 Å². The van der Waals surface area contributed by atoms with E-state index in [9.17, 15) is 0 Å². The molecule has 104 valence electrons. The average Bonchev–Trinajstić information content (AvgIpc) is 2.54. The Balaban J connectivity index is 2.71. The monoisotopic (exact) mass is 249 g/mol. The Morgan fingerprint density at radius 2 is 1.61 bits per heavy atom. The minimum absolute atomic E-state index is 0.116. The van der Waals surface area contributed by atoms with Gasteiger partial charge in [0.05, 0.1) is 0 Å². The van der Waals surface area contributed by atoms with E-state index in [0.29, 0.717) is 16.9 Å². The van der Waals surface area contributed by atoms with Crippen LogP contribution in [0.2, 0.25) is 0 Å². The summed E-state index contributed by atoms with van der Waals surface area (Å²) in [7, 11) is 0. The van der Waals surface area contributed by atoms with Gasteiger partial charge < -0.3 is 5.32 Å². The Kier molecular flexibility index (Phi) is 4.23. The molecule has 0 radical (unpaired) electrons. The molecule has 1 nitrogen and oxygen atoms in total. The summed E-state index contributed by atoms with van der Waals surface area (Å²) in [6.07, 6.45) is 0.975. The standard InChI is InChI=1S/C17H31N/c1-9-18-13(11-10-12-15(2,3)4)14-16(5,6)17(14,7)8/h13-14,18H,9,11H2,1-8H3. The summed E-state index contributed by atoms with van der Waals surface area (Å²) in [5, 5.41) is 3.64. The zero-order valence-electron chi connectivity index (χ0n) is 13.6. The molecular formula is C17H31N. The van der Waals surface area contributed by atoms with Gasteiger partial charge in [0.15, 0.2) is 0 Å². The van der Waals surface area contributed by atoms with Crippen molar-refractivity contribution in [1.82, 2.24) is 5.32 Å². The van der Waals surface area contributed by atoms with Gasteiger partial charge in [0.2, 0.25) is 0 Å². The van der Waals surface area contributed by atoms with Crippen molar-refractivity contribution in [2.24, 2.45) is 22.2 Å². The fraction of sp³-hybridized carbons (Fsp3) is 0.882. The fourth-order valence-electron chi connectivity index (χ4n) is 3.25. The third-order valence-electron chi connectivity index (χ3n) is 4.79. The zero-order chi connectivity index (χ0) is 14.2. The lowest BCUT2D eigenvalue weighted by Crippen LogP contribution is -2.33. The van der Waals surface area contributed by atoms with Gasteiger partial charge in [0.25, 0.3) is 0 Å². The SMILES string of the molecule is CCNC(CC#CC(C)(C)C)C1C(C)(C)C1(C)C. The molecule has 0 heterocycles. The van der Waals surface area contributed by atoms with Crippen LogP contribution in [0.15, 0.2) is 0 Å². The summed E-state index contributed by atoms with van der Waals surface area (Å²) >= 11 is 0. The van der Waals surface area contributed by atoms with Gasteiger partial charge in [-0.2, -0.15) is 0 Å². The molecule has 0 amide bonds. The lowest BCUT2D eigenvalue weighted by atomic mass is 9.96. The molecule has 18 heavy (non-hydrogen) atoms. The largest absolute Gasteiger partial charge is 0.313 e. The van der Waals surface area contributed by atoms with Gasteiger partial charge in [0.1, 0.15) is 0 Å². The van der Waals surface area contributed by atoms with E-state index >= 15 is 0 Å². The first-order valence-electron chi connectivity index (χ1n) is 7.27. The molecule has 1 rings (SSSR count). The Hall–Kier alpha value is -0.480. The van der Waals surface area contributed by atoms with Crippen LogP contribution in [0.3, 0.4) is 0 Å². The van der Waals surface area contributed by atoms with Gasteiger partial charge in [-0.3, -0.25) is 0 Å². The van der Waals surface area contributed by atoms with Gasteiger partial charge in [0, 0.05) is 17.9 Å². The molecule has 0 aromatic heterocycles. The third kappa shape index (κ3) is 3.09. The van der Waals surface area contributed by atoms with E-state index in [0.717, 1.165) is 18.9 Å². The van der Waals surface area contributed by atoms with Gasteiger partial charge in [-0.1, -0.05) is 40.5 Å². The van der Waals surface area contributed by atoms with Gasteiger partial charge >= 0.3 is 0 Å². The summed E-state index contributed by atoms with van der Waals surface area (Å²) in [6.45, 7) is 19.3. The van der Waals surface area contributed by atoms with Crippen molar-refractivity contribution in [2.75, 3.05) is 6.54 Å². The Bertz CT molecular complexity index is 332. The van der Waals surface area contributed by atoms with Crippen molar-refractivity contribution in [1.29, 1.82) is 0 Å². The molecule has 1 aliphatic carbocycles. The van der Waals surface area contributed by atoms with Crippen LogP contribution < -0.4 is 5.32 Å². The van der Waals surface area contributed by atoms with Crippen LogP contribution in [0.5, 0.6) is 0 Å². The first-order valence-corrected chi connectivity index (χ1v) is 7.27. The topological polar surface area (TPSA) is 12.0 Å². The fourth-order valence-corrected chi connectivity index (χ4v) is 3.25. The van der Waals surface area contributed by atoms with Crippen LogP contribution in [0.1, 0.15) is 61.8 Å². The van der Waals surface area contributed by atoms with Crippen molar-refractivity contribution >= 4 is 0 Å².